The van der Waals surface area contributed by atoms with Gasteiger partial charge in [-0.2, -0.15) is 5.10 Å². The number of hydrogen-bond acceptors (Lipinski definition) is 5. The number of nitrogens with zero attached hydrogens (tertiary/aromatic N) is 2. The molecule has 0 radical (unpaired) electrons. The summed E-state index contributed by atoms with van der Waals surface area (Å²) in [5.74, 6) is -1.52. The van der Waals surface area contributed by atoms with Gasteiger partial charge in [-0.05, 0) is 40.2 Å². The maximum absolute atomic E-state index is 12.5. The maximum Gasteiger partial charge on any atom is 0.343 e. The molecule has 0 aliphatic rings. The van der Waals surface area contributed by atoms with Crippen molar-refractivity contribution in [1.29, 1.82) is 0 Å². The first-order valence-corrected chi connectivity index (χ1v) is 9.57. The van der Waals surface area contributed by atoms with Crippen LogP contribution in [0.25, 0.3) is 0 Å². The van der Waals surface area contributed by atoms with Gasteiger partial charge in [0.25, 0.3) is 5.91 Å². The molecule has 2 aromatic rings. The monoisotopic (exact) mass is 420 g/mol. The number of urea groups is 1. The first kappa shape index (κ1) is 22.4. The van der Waals surface area contributed by atoms with Crippen LogP contribution >= 0.6 is 11.6 Å². The van der Waals surface area contributed by atoms with Crippen LogP contribution in [0.4, 0.5) is 4.79 Å². The molecule has 29 heavy (non-hydrogen) atoms. The standard InChI is InChI=1S/C20H25ClN4O4/c1-11(2)22-20(28)23-18(26)14(5)29-19(27)16-13(4)24-25(17(16)21)10-15-8-6-12(3)7-9-15/h6-9,11,14H,10H2,1-5H3,(H2,22,23,26,28)/t14-/m1/s1. The Hall–Kier alpha value is -2.87. The molecule has 1 atom stereocenters. The number of benzene rings is 1. The van der Waals surface area contributed by atoms with Gasteiger partial charge in [-0.25, -0.2) is 14.3 Å². The van der Waals surface area contributed by atoms with Gasteiger partial charge in [-0.3, -0.25) is 10.1 Å². The minimum atomic E-state index is -1.18. The van der Waals surface area contributed by atoms with E-state index in [1.807, 2.05) is 31.2 Å². The van der Waals surface area contributed by atoms with E-state index < -0.39 is 24.0 Å². The summed E-state index contributed by atoms with van der Waals surface area (Å²) >= 11 is 6.35. The molecule has 1 heterocycles. The van der Waals surface area contributed by atoms with Gasteiger partial charge < -0.3 is 10.1 Å². The second-order valence-electron chi connectivity index (χ2n) is 7.06. The quantitative estimate of drug-likeness (QED) is 0.699. The van der Waals surface area contributed by atoms with E-state index in [4.69, 9.17) is 16.3 Å². The lowest BCUT2D eigenvalue weighted by Gasteiger charge is -2.14. The lowest BCUT2D eigenvalue weighted by Crippen LogP contribution is -2.46. The minimum absolute atomic E-state index is 0.0880. The predicted octanol–water partition coefficient (Wildman–Crippen LogP) is 2.98. The Labute approximate surface area is 174 Å². The molecule has 0 unspecified atom stereocenters. The van der Waals surface area contributed by atoms with E-state index in [0.717, 1.165) is 11.1 Å². The number of carbonyl (C=O) groups excluding carboxylic acids is 3. The number of carbonyl (C=O) groups is 3. The van der Waals surface area contributed by atoms with Crippen LogP contribution in [-0.4, -0.2) is 39.8 Å². The number of aromatic nitrogens is 2. The third-order valence-electron chi connectivity index (χ3n) is 4.03. The van der Waals surface area contributed by atoms with Gasteiger partial charge in [-0.1, -0.05) is 41.4 Å². The number of amides is 3. The van der Waals surface area contributed by atoms with E-state index in [-0.39, 0.29) is 16.8 Å². The van der Waals surface area contributed by atoms with Gasteiger partial charge in [0.05, 0.1) is 12.2 Å². The van der Waals surface area contributed by atoms with Crippen molar-refractivity contribution in [3.05, 3.63) is 51.8 Å². The van der Waals surface area contributed by atoms with E-state index in [2.05, 4.69) is 15.7 Å². The van der Waals surface area contributed by atoms with Crippen LogP contribution in [0, 0.1) is 13.8 Å². The van der Waals surface area contributed by atoms with Gasteiger partial charge in [0.1, 0.15) is 10.7 Å². The lowest BCUT2D eigenvalue weighted by atomic mass is 10.1. The summed E-state index contributed by atoms with van der Waals surface area (Å²) in [6, 6.07) is 7.06. The average Bonchev–Trinajstić information content (AvgIpc) is 2.89. The van der Waals surface area contributed by atoms with Gasteiger partial charge in [0.15, 0.2) is 6.10 Å². The molecule has 0 saturated heterocycles. The molecule has 2 rings (SSSR count). The fourth-order valence-electron chi connectivity index (χ4n) is 2.54. The number of nitrogens with one attached hydrogen (secondary N) is 2. The zero-order valence-corrected chi connectivity index (χ0v) is 17.8. The molecule has 0 saturated carbocycles. The van der Waals surface area contributed by atoms with Crippen LogP contribution in [0.3, 0.4) is 0 Å². The van der Waals surface area contributed by atoms with Crippen molar-refractivity contribution in [2.75, 3.05) is 0 Å². The highest BCUT2D eigenvalue weighted by Crippen LogP contribution is 2.22. The van der Waals surface area contributed by atoms with Gasteiger partial charge in [0.2, 0.25) is 0 Å². The molecule has 0 spiro atoms. The molecule has 8 nitrogen and oxygen atoms in total. The predicted molar refractivity (Wildman–Crippen MR) is 109 cm³/mol. The van der Waals surface area contributed by atoms with Crippen LogP contribution < -0.4 is 10.6 Å². The topological polar surface area (TPSA) is 102 Å². The second-order valence-corrected chi connectivity index (χ2v) is 7.42. The Morgan fingerprint density at radius 1 is 1.14 bits per heavy atom. The fraction of sp³-hybridized carbons (Fsp3) is 0.400. The van der Waals surface area contributed by atoms with Crippen molar-refractivity contribution >= 4 is 29.5 Å². The van der Waals surface area contributed by atoms with Gasteiger partial charge in [0, 0.05) is 6.04 Å². The molecule has 0 aliphatic heterocycles. The highest BCUT2D eigenvalue weighted by molar-refractivity contribution is 6.32. The number of hydrogen-bond donors (Lipinski definition) is 2. The average molecular weight is 421 g/mol. The summed E-state index contributed by atoms with van der Waals surface area (Å²) in [6.45, 7) is 8.90. The normalized spacial score (nSPS) is 11.8. The summed E-state index contributed by atoms with van der Waals surface area (Å²) in [4.78, 5) is 36.2. The zero-order chi connectivity index (χ0) is 21.7. The molecule has 2 N–H and O–H groups in total. The molecule has 156 valence electrons. The van der Waals surface area contributed by atoms with E-state index in [0.29, 0.717) is 12.2 Å². The largest absolute Gasteiger partial charge is 0.449 e. The Kier molecular flexibility index (Phi) is 7.39. The lowest BCUT2D eigenvalue weighted by molar-refractivity contribution is -0.127. The zero-order valence-electron chi connectivity index (χ0n) is 17.1. The minimum Gasteiger partial charge on any atom is -0.449 e. The summed E-state index contributed by atoms with van der Waals surface area (Å²) in [5, 5.41) is 9.06. The fourth-order valence-corrected chi connectivity index (χ4v) is 2.85. The van der Waals surface area contributed by atoms with E-state index >= 15 is 0 Å². The molecule has 1 aromatic heterocycles. The van der Waals surface area contributed by atoms with Crippen molar-refractivity contribution in [2.24, 2.45) is 0 Å². The number of ether oxygens (including phenoxy) is 1. The molecular formula is C20H25ClN4O4. The number of esters is 1. The summed E-state index contributed by atoms with van der Waals surface area (Å²) in [7, 11) is 0. The van der Waals surface area contributed by atoms with Crippen molar-refractivity contribution in [2.45, 2.75) is 53.3 Å². The van der Waals surface area contributed by atoms with Gasteiger partial charge in [-0.15, -0.1) is 0 Å². The Morgan fingerprint density at radius 2 is 1.76 bits per heavy atom. The van der Waals surface area contributed by atoms with Crippen molar-refractivity contribution in [1.82, 2.24) is 20.4 Å². The number of aryl methyl sites for hydroxylation is 2. The summed E-state index contributed by atoms with van der Waals surface area (Å²) in [6.07, 6.45) is -1.18. The molecule has 0 fully saturated rings. The van der Waals surface area contributed by atoms with E-state index in [1.165, 1.54) is 11.6 Å². The van der Waals surface area contributed by atoms with Crippen LogP contribution in [0.5, 0.6) is 0 Å². The summed E-state index contributed by atoms with van der Waals surface area (Å²) in [5.41, 5.74) is 2.58. The van der Waals surface area contributed by atoms with Gasteiger partial charge >= 0.3 is 12.0 Å². The van der Waals surface area contributed by atoms with Crippen LogP contribution in [0.1, 0.15) is 48.0 Å². The molecule has 0 aliphatic carbocycles. The number of halogens is 1. The van der Waals surface area contributed by atoms with Crippen LogP contribution in [-0.2, 0) is 16.1 Å². The van der Waals surface area contributed by atoms with Crippen molar-refractivity contribution in [3.8, 4) is 0 Å². The third kappa shape index (κ3) is 6.05. The molecule has 9 heteroatoms. The van der Waals surface area contributed by atoms with Crippen LogP contribution in [0.15, 0.2) is 24.3 Å². The van der Waals surface area contributed by atoms with E-state index in [1.54, 1.807) is 20.8 Å². The van der Waals surface area contributed by atoms with Crippen LogP contribution in [0.2, 0.25) is 5.15 Å². The maximum atomic E-state index is 12.5. The summed E-state index contributed by atoms with van der Waals surface area (Å²) < 4.78 is 6.68. The molecular weight excluding hydrogens is 396 g/mol. The number of imide groups is 1. The van der Waals surface area contributed by atoms with E-state index in [9.17, 15) is 14.4 Å². The first-order chi connectivity index (χ1) is 13.6. The van der Waals surface area contributed by atoms with Crippen molar-refractivity contribution in [3.63, 3.8) is 0 Å². The van der Waals surface area contributed by atoms with Crippen molar-refractivity contribution < 1.29 is 19.1 Å². The first-order valence-electron chi connectivity index (χ1n) is 9.19. The Morgan fingerprint density at radius 3 is 2.34 bits per heavy atom. The highest BCUT2D eigenvalue weighted by atomic mass is 35.5. The SMILES string of the molecule is Cc1ccc(Cn2nc(C)c(C(=O)O[C@H](C)C(=O)NC(=O)NC(C)C)c2Cl)cc1. The Bertz CT molecular complexity index is 906. The smallest absolute Gasteiger partial charge is 0.343 e. The number of rotatable bonds is 6. The Balaban J connectivity index is 2.06. The molecule has 0 bridgehead atoms. The molecule has 3 amide bonds. The highest BCUT2D eigenvalue weighted by Gasteiger charge is 2.26. The molecule has 1 aromatic carbocycles. The third-order valence-corrected chi connectivity index (χ3v) is 4.42. The second kappa shape index (κ2) is 9.56.